The average Bonchev–Trinajstić information content (AvgIpc) is 3.09. The lowest BCUT2D eigenvalue weighted by atomic mass is 9.89. The lowest BCUT2D eigenvalue weighted by Crippen LogP contribution is -2.43. The van der Waals surface area contributed by atoms with E-state index in [9.17, 15) is 13.2 Å². The highest BCUT2D eigenvalue weighted by atomic mass is 19.4. The molecule has 0 unspecified atom stereocenters. The summed E-state index contributed by atoms with van der Waals surface area (Å²) in [5.41, 5.74) is 1.03. The summed E-state index contributed by atoms with van der Waals surface area (Å²) in [6.07, 6.45) is 0.0739. The van der Waals surface area contributed by atoms with E-state index >= 15 is 0 Å². The number of halogens is 3. The number of nitrogens with zero attached hydrogens (tertiary/aromatic N) is 5. The Balaban J connectivity index is 1.22. The zero-order valence-electron chi connectivity index (χ0n) is 16.5. The van der Waals surface area contributed by atoms with E-state index in [4.69, 9.17) is 9.72 Å². The number of nitrogens with one attached hydrogen (secondary N) is 1. The van der Waals surface area contributed by atoms with Crippen LogP contribution in [-0.2, 0) is 6.18 Å². The fourth-order valence-electron chi connectivity index (χ4n) is 4.09. The first-order valence-electron chi connectivity index (χ1n) is 9.84. The van der Waals surface area contributed by atoms with Gasteiger partial charge in [0.2, 0.25) is 5.95 Å². The number of pyridine rings is 1. The largest absolute Gasteiger partial charge is 0.489 e. The summed E-state index contributed by atoms with van der Waals surface area (Å²) < 4.78 is 45.7. The van der Waals surface area contributed by atoms with Crippen LogP contribution in [0, 0.1) is 0 Å². The number of rotatable bonds is 4. The minimum atomic E-state index is -4.45. The number of aromatic nitrogens is 4. The predicted molar refractivity (Wildman–Crippen MR) is 106 cm³/mol. The Bertz CT molecular complexity index is 1070. The average molecular weight is 418 g/mol. The normalized spacial score (nSPS) is 23.4. The van der Waals surface area contributed by atoms with Gasteiger partial charge in [0.1, 0.15) is 23.1 Å². The highest BCUT2D eigenvalue weighted by Crippen LogP contribution is 2.34. The molecule has 4 heterocycles. The van der Waals surface area contributed by atoms with Crippen molar-refractivity contribution in [1.82, 2.24) is 19.5 Å². The fraction of sp³-hybridized carbons (Fsp3) is 0.450. The van der Waals surface area contributed by atoms with Crippen LogP contribution in [0.3, 0.4) is 0 Å². The standard InChI is InChI=1S/C20H21F3N6O/c1-11-10-28(2)18-17-15(5-6-29(11)17)26-19(27-18)25-12-7-14(8-12)30-13-3-4-16(24-9-13)20(21,22)23/h3-6,9,11-12,14H,7-8,10H2,1-2H3,(H,25,26,27)/t11-,12-,14-/m1/s1. The molecule has 1 atom stereocenters. The van der Waals surface area contributed by atoms with Crippen LogP contribution in [0.15, 0.2) is 30.6 Å². The molecule has 0 radical (unpaired) electrons. The van der Waals surface area contributed by atoms with Gasteiger partial charge < -0.3 is 19.5 Å². The lowest BCUT2D eigenvalue weighted by molar-refractivity contribution is -0.141. The Kier molecular flexibility index (Phi) is 4.26. The van der Waals surface area contributed by atoms with Crippen LogP contribution < -0.4 is 15.0 Å². The second-order valence-corrected chi connectivity index (χ2v) is 7.99. The highest BCUT2D eigenvalue weighted by molar-refractivity contribution is 5.89. The van der Waals surface area contributed by atoms with Gasteiger partial charge in [-0.1, -0.05) is 0 Å². The maximum absolute atomic E-state index is 12.6. The number of anilines is 2. The first-order valence-corrected chi connectivity index (χ1v) is 9.84. The quantitative estimate of drug-likeness (QED) is 0.694. The molecule has 30 heavy (non-hydrogen) atoms. The van der Waals surface area contributed by atoms with Crippen molar-refractivity contribution in [2.24, 2.45) is 0 Å². The molecular formula is C20H21F3N6O. The van der Waals surface area contributed by atoms with Gasteiger partial charge in [-0.25, -0.2) is 9.97 Å². The van der Waals surface area contributed by atoms with Gasteiger partial charge in [-0.2, -0.15) is 18.2 Å². The molecule has 1 aliphatic heterocycles. The Morgan fingerprint density at radius 2 is 1.97 bits per heavy atom. The van der Waals surface area contributed by atoms with Gasteiger partial charge in [-0.3, -0.25) is 0 Å². The molecule has 2 aliphatic rings. The van der Waals surface area contributed by atoms with Crippen molar-refractivity contribution >= 4 is 22.8 Å². The van der Waals surface area contributed by atoms with Crippen molar-refractivity contribution in [2.75, 3.05) is 23.8 Å². The van der Waals surface area contributed by atoms with E-state index < -0.39 is 11.9 Å². The summed E-state index contributed by atoms with van der Waals surface area (Å²) >= 11 is 0. The second-order valence-electron chi connectivity index (χ2n) is 7.99. The first-order chi connectivity index (χ1) is 14.3. The molecule has 1 fully saturated rings. The molecule has 0 bridgehead atoms. The smallest absolute Gasteiger partial charge is 0.433 e. The van der Waals surface area contributed by atoms with Gasteiger partial charge in [-0.15, -0.1) is 0 Å². The zero-order valence-corrected chi connectivity index (χ0v) is 16.5. The number of likely N-dealkylation sites (N-methyl/N-ethyl adjacent to an activating group) is 1. The maximum Gasteiger partial charge on any atom is 0.433 e. The molecule has 0 aromatic carbocycles. The van der Waals surface area contributed by atoms with Crippen LogP contribution in [0.5, 0.6) is 5.75 Å². The summed E-state index contributed by atoms with van der Waals surface area (Å²) in [4.78, 5) is 14.9. The van der Waals surface area contributed by atoms with Gasteiger partial charge >= 0.3 is 6.18 Å². The first kappa shape index (κ1) is 19.0. The fourth-order valence-corrected chi connectivity index (χ4v) is 4.09. The Morgan fingerprint density at radius 1 is 1.17 bits per heavy atom. The topological polar surface area (TPSA) is 68.1 Å². The highest BCUT2D eigenvalue weighted by Gasteiger charge is 2.34. The van der Waals surface area contributed by atoms with Gasteiger partial charge in [0.15, 0.2) is 5.82 Å². The number of hydrogen-bond acceptors (Lipinski definition) is 6. The van der Waals surface area contributed by atoms with Crippen molar-refractivity contribution in [3.8, 4) is 5.75 Å². The third-order valence-electron chi connectivity index (χ3n) is 5.68. The van der Waals surface area contributed by atoms with Crippen molar-refractivity contribution in [2.45, 2.75) is 44.1 Å². The predicted octanol–water partition coefficient (Wildman–Crippen LogP) is 3.88. The van der Waals surface area contributed by atoms with Crippen LogP contribution >= 0.6 is 0 Å². The second kappa shape index (κ2) is 6.75. The summed E-state index contributed by atoms with van der Waals surface area (Å²) in [6.45, 7) is 3.06. The molecule has 0 saturated heterocycles. The minimum absolute atomic E-state index is 0.0762. The number of ether oxygens (including phenoxy) is 1. The zero-order chi connectivity index (χ0) is 21.0. The summed E-state index contributed by atoms with van der Waals surface area (Å²) in [7, 11) is 2.03. The van der Waals surface area contributed by atoms with E-state index in [0.29, 0.717) is 30.6 Å². The molecule has 1 N–H and O–H groups in total. The molecular weight excluding hydrogens is 397 g/mol. The lowest BCUT2D eigenvalue weighted by Gasteiger charge is -2.36. The minimum Gasteiger partial charge on any atom is -0.489 e. The van der Waals surface area contributed by atoms with Gasteiger partial charge in [0, 0.05) is 44.7 Å². The Labute approximate surface area is 170 Å². The van der Waals surface area contributed by atoms with Crippen molar-refractivity contribution in [3.63, 3.8) is 0 Å². The molecule has 0 amide bonds. The van der Waals surface area contributed by atoms with E-state index in [1.807, 2.05) is 13.1 Å². The van der Waals surface area contributed by atoms with Crippen LogP contribution in [0.1, 0.15) is 31.5 Å². The van der Waals surface area contributed by atoms with Gasteiger partial charge in [-0.05, 0) is 25.1 Å². The van der Waals surface area contributed by atoms with Crippen molar-refractivity contribution in [3.05, 3.63) is 36.3 Å². The molecule has 5 rings (SSSR count). The van der Waals surface area contributed by atoms with E-state index in [-0.39, 0.29) is 12.1 Å². The third-order valence-corrected chi connectivity index (χ3v) is 5.68. The SMILES string of the molecule is C[C@@H]1CN(C)c2nc(N[C@H]3C[C@H](Oc4ccc(C(F)(F)F)nc4)C3)nc3ccn1c23. The molecule has 3 aromatic heterocycles. The number of alkyl halides is 3. The van der Waals surface area contributed by atoms with E-state index in [2.05, 4.69) is 37.9 Å². The van der Waals surface area contributed by atoms with Gasteiger partial charge in [0.25, 0.3) is 0 Å². The molecule has 1 saturated carbocycles. The van der Waals surface area contributed by atoms with Crippen LogP contribution in [-0.4, -0.2) is 45.3 Å². The monoisotopic (exact) mass is 418 g/mol. The van der Waals surface area contributed by atoms with Crippen LogP contribution in [0.2, 0.25) is 0 Å². The van der Waals surface area contributed by atoms with Crippen LogP contribution in [0.4, 0.5) is 24.9 Å². The number of hydrogen-bond donors (Lipinski definition) is 1. The van der Waals surface area contributed by atoms with E-state index in [0.717, 1.165) is 35.7 Å². The summed E-state index contributed by atoms with van der Waals surface area (Å²) in [6, 6.07) is 4.76. The molecule has 0 spiro atoms. The van der Waals surface area contributed by atoms with Crippen molar-refractivity contribution in [1.29, 1.82) is 0 Å². The molecule has 158 valence electrons. The van der Waals surface area contributed by atoms with E-state index in [1.54, 1.807) is 0 Å². The van der Waals surface area contributed by atoms with Crippen LogP contribution in [0.25, 0.3) is 11.0 Å². The van der Waals surface area contributed by atoms with Gasteiger partial charge in [0.05, 0.1) is 11.7 Å². The maximum atomic E-state index is 12.6. The van der Waals surface area contributed by atoms with Crippen molar-refractivity contribution < 1.29 is 17.9 Å². The molecule has 1 aliphatic carbocycles. The Morgan fingerprint density at radius 3 is 2.67 bits per heavy atom. The third kappa shape index (κ3) is 3.29. The summed E-state index contributed by atoms with van der Waals surface area (Å²) in [5, 5.41) is 3.35. The Hall–Kier alpha value is -3.04. The molecule has 3 aromatic rings. The molecule has 10 heteroatoms. The summed E-state index contributed by atoms with van der Waals surface area (Å²) in [5.74, 6) is 1.83. The molecule has 7 nitrogen and oxygen atoms in total. The van der Waals surface area contributed by atoms with E-state index in [1.165, 1.54) is 6.07 Å².